The van der Waals surface area contributed by atoms with Gasteiger partial charge in [0.25, 0.3) is 0 Å². The van der Waals surface area contributed by atoms with Crippen molar-refractivity contribution in [1.82, 2.24) is 14.5 Å². The molecule has 8 nitrogen and oxygen atoms in total. The molecular weight excluding hydrogens is 389 g/mol. The van der Waals surface area contributed by atoms with Crippen LogP contribution in [0.5, 0.6) is 17.4 Å². The van der Waals surface area contributed by atoms with Crippen LogP contribution < -0.4 is 20.1 Å². The fourth-order valence-corrected chi connectivity index (χ4v) is 3.15. The summed E-state index contributed by atoms with van der Waals surface area (Å²) in [5.74, 6) is 0.304. The third kappa shape index (κ3) is 3.80. The SMILES string of the molecule is Cc1ccc(Oc2c(F)cc(COc3cc4n(c(=O)n3)CCN4C)cc2C#N)cn1. The van der Waals surface area contributed by atoms with E-state index in [2.05, 4.69) is 9.97 Å². The number of nitrogens with zero attached hydrogens (tertiary/aromatic N) is 5. The van der Waals surface area contributed by atoms with Gasteiger partial charge in [0.1, 0.15) is 24.2 Å². The molecule has 0 fully saturated rings. The van der Waals surface area contributed by atoms with E-state index >= 15 is 0 Å². The van der Waals surface area contributed by atoms with Gasteiger partial charge in [-0.3, -0.25) is 9.55 Å². The number of ether oxygens (including phenoxy) is 2. The first-order valence-electron chi connectivity index (χ1n) is 9.23. The number of halogens is 1. The highest BCUT2D eigenvalue weighted by Gasteiger charge is 2.19. The maximum atomic E-state index is 14.7. The Morgan fingerprint density at radius 2 is 2.10 bits per heavy atom. The van der Waals surface area contributed by atoms with Crippen LogP contribution in [0.15, 0.2) is 41.3 Å². The van der Waals surface area contributed by atoms with E-state index in [1.165, 1.54) is 18.3 Å². The highest BCUT2D eigenvalue weighted by molar-refractivity contribution is 5.48. The highest BCUT2D eigenvalue weighted by atomic mass is 19.1. The number of aromatic nitrogens is 3. The zero-order chi connectivity index (χ0) is 21.3. The van der Waals surface area contributed by atoms with E-state index in [4.69, 9.17) is 9.47 Å². The lowest BCUT2D eigenvalue weighted by atomic mass is 10.1. The van der Waals surface area contributed by atoms with Crippen LogP contribution in [0.4, 0.5) is 10.2 Å². The minimum atomic E-state index is -0.699. The number of fused-ring (bicyclic) bond motifs is 1. The van der Waals surface area contributed by atoms with E-state index in [9.17, 15) is 14.4 Å². The molecule has 3 heterocycles. The van der Waals surface area contributed by atoms with Crippen LogP contribution in [0.1, 0.15) is 16.8 Å². The topological polar surface area (TPSA) is 93.3 Å². The lowest BCUT2D eigenvalue weighted by Gasteiger charge is -2.13. The van der Waals surface area contributed by atoms with Crippen molar-refractivity contribution in [3.63, 3.8) is 0 Å². The summed E-state index contributed by atoms with van der Waals surface area (Å²) in [6.07, 6.45) is 1.46. The molecule has 0 bridgehead atoms. The van der Waals surface area contributed by atoms with Crippen molar-refractivity contribution in [2.45, 2.75) is 20.1 Å². The molecule has 0 spiro atoms. The van der Waals surface area contributed by atoms with Crippen molar-refractivity contribution < 1.29 is 13.9 Å². The summed E-state index contributed by atoms with van der Waals surface area (Å²) in [5.41, 5.74) is 0.832. The summed E-state index contributed by atoms with van der Waals surface area (Å²) in [7, 11) is 1.87. The van der Waals surface area contributed by atoms with Gasteiger partial charge in [0.15, 0.2) is 11.6 Å². The van der Waals surface area contributed by atoms with E-state index in [0.29, 0.717) is 23.7 Å². The zero-order valence-electron chi connectivity index (χ0n) is 16.4. The van der Waals surface area contributed by atoms with E-state index in [1.54, 1.807) is 22.8 Å². The summed E-state index contributed by atoms with van der Waals surface area (Å²) in [5, 5.41) is 9.43. The molecule has 0 N–H and O–H groups in total. The largest absolute Gasteiger partial charge is 0.473 e. The standard InChI is InChI=1S/C21H18FN5O3/c1-13-3-4-16(11-24-13)30-20-15(10-23)7-14(8-17(20)22)12-29-18-9-19-26(2)5-6-27(19)21(28)25-18/h3-4,7-9,11H,5-6,12H2,1-2H3. The quantitative estimate of drug-likeness (QED) is 0.642. The summed E-state index contributed by atoms with van der Waals surface area (Å²) < 4.78 is 27.3. The van der Waals surface area contributed by atoms with E-state index < -0.39 is 11.5 Å². The summed E-state index contributed by atoms with van der Waals surface area (Å²) in [6.45, 7) is 3.06. The lowest BCUT2D eigenvalue weighted by Crippen LogP contribution is -2.22. The number of nitriles is 1. The maximum Gasteiger partial charge on any atom is 0.352 e. The lowest BCUT2D eigenvalue weighted by molar-refractivity contribution is 0.290. The summed E-state index contributed by atoms with van der Waals surface area (Å²) in [4.78, 5) is 22.0. The fourth-order valence-electron chi connectivity index (χ4n) is 3.15. The Labute approximate surface area is 171 Å². The van der Waals surface area contributed by atoms with Crippen LogP contribution in [0.25, 0.3) is 0 Å². The Kier molecular flexibility index (Phi) is 5.06. The molecule has 1 aromatic carbocycles. The van der Waals surface area contributed by atoms with Gasteiger partial charge >= 0.3 is 5.69 Å². The number of rotatable bonds is 5. The van der Waals surface area contributed by atoms with Crippen LogP contribution in [0, 0.1) is 24.1 Å². The first-order chi connectivity index (χ1) is 14.4. The van der Waals surface area contributed by atoms with Crippen LogP contribution in [-0.2, 0) is 13.2 Å². The molecule has 0 atom stereocenters. The molecule has 0 amide bonds. The Bertz CT molecular complexity index is 1200. The zero-order valence-corrected chi connectivity index (χ0v) is 16.4. The van der Waals surface area contributed by atoms with Crippen LogP contribution >= 0.6 is 0 Å². The molecule has 0 radical (unpaired) electrons. The van der Waals surface area contributed by atoms with Crippen molar-refractivity contribution >= 4 is 5.82 Å². The first-order valence-corrected chi connectivity index (χ1v) is 9.23. The minimum absolute atomic E-state index is 0.0240. The van der Waals surface area contributed by atoms with Gasteiger partial charge in [0.2, 0.25) is 5.88 Å². The Hall–Kier alpha value is -3.93. The molecule has 0 aliphatic carbocycles. The maximum absolute atomic E-state index is 14.7. The number of hydrogen-bond donors (Lipinski definition) is 0. The van der Waals surface area contributed by atoms with Gasteiger partial charge < -0.3 is 14.4 Å². The first kappa shape index (κ1) is 19.4. The molecule has 1 aliphatic heterocycles. The number of aryl methyl sites for hydroxylation is 1. The molecule has 2 aromatic heterocycles. The molecular formula is C21H18FN5O3. The predicted octanol–water partition coefficient (Wildman–Crippen LogP) is 2.78. The molecule has 152 valence electrons. The van der Waals surface area contributed by atoms with Gasteiger partial charge in [-0.15, -0.1) is 0 Å². The summed E-state index contributed by atoms with van der Waals surface area (Å²) in [6, 6.07) is 9.68. The number of anilines is 1. The van der Waals surface area contributed by atoms with E-state index in [0.717, 1.165) is 12.2 Å². The van der Waals surface area contributed by atoms with Gasteiger partial charge in [-0.1, -0.05) is 0 Å². The third-order valence-electron chi connectivity index (χ3n) is 4.73. The second-order valence-electron chi connectivity index (χ2n) is 6.90. The molecule has 0 saturated carbocycles. The van der Waals surface area contributed by atoms with E-state index in [-0.39, 0.29) is 23.8 Å². The molecule has 30 heavy (non-hydrogen) atoms. The monoisotopic (exact) mass is 407 g/mol. The average Bonchev–Trinajstić information content (AvgIpc) is 3.11. The number of likely N-dealkylation sites (N-methyl/N-ethyl adjacent to an activating group) is 1. The number of hydrogen-bond acceptors (Lipinski definition) is 7. The van der Waals surface area contributed by atoms with Gasteiger partial charge in [-0.05, 0) is 36.8 Å². The van der Waals surface area contributed by atoms with Crippen LogP contribution in [0.3, 0.4) is 0 Å². The van der Waals surface area contributed by atoms with Crippen molar-refractivity contribution in [3.8, 4) is 23.4 Å². The third-order valence-corrected chi connectivity index (χ3v) is 4.73. The van der Waals surface area contributed by atoms with Crippen molar-refractivity contribution in [2.24, 2.45) is 0 Å². The molecule has 9 heteroatoms. The van der Waals surface area contributed by atoms with Crippen LogP contribution in [-0.4, -0.2) is 28.1 Å². The molecule has 1 aliphatic rings. The fraction of sp³-hybridized carbons (Fsp3) is 0.238. The van der Waals surface area contributed by atoms with Gasteiger partial charge in [-0.25, -0.2) is 9.18 Å². The Balaban J connectivity index is 1.55. The van der Waals surface area contributed by atoms with Crippen LogP contribution in [0.2, 0.25) is 0 Å². The smallest absolute Gasteiger partial charge is 0.352 e. The van der Waals surface area contributed by atoms with E-state index in [1.807, 2.05) is 24.9 Å². The minimum Gasteiger partial charge on any atom is -0.473 e. The average molecular weight is 407 g/mol. The Morgan fingerprint density at radius 1 is 1.27 bits per heavy atom. The van der Waals surface area contributed by atoms with Gasteiger partial charge in [-0.2, -0.15) is 10.2 Å². The summed E-state index contributed by atoms with van der Waals surface area (Å²) >= 11 is 0. The normalized spacial score (nSPS) is 12.4. The van der Waals surface area contributed by atoms with Gasteiger partial charge in [0.05, 0.1) is 11.8 Å². The van der Waals surface area contributed by atoms with Gasteiger partial charge in [0, 0.05) is 31.9 Å². The predicted molar refractivity (Wildman–Crippen MR) is 106 cm³/mol. The van der Waals surface area contributed by atoms with Crippen molar-refractivity contribution in [3.05, 3.63) is 69.7 Å². The van der Waals surface area contributed by atoms with Crippen molar-refractivity contribution in [2.75, 3.05) is 18.5 Å². The Morgan fingerprint density at radius 3 is 2.83 bits per heavy atom. The van der Waals surface area contributed by atoms with Crippen molar-refractivity contribution in [1.29, 1.82) is 5.26 Å². The molecule has 0 unspecified atom stereocenters. The molecule has 0 saturated heterocycles. The number of pyridine rings is 1. The second-order valence-corrected chi connectivity index (χ2v) is 6.90. The second kappa shape index (κ2) is 7.83. The number of benzene rings is 1. The highest BCUT2D eigenvalue weighted by Crippen LogP contribution is 2.30. The molecule has 4 rings (SSSR count). The molecule has 3 aromatic rings.